The Morgan fingerprint density at radius 2 is 1.83 bits per heavy atom. The van der Waals surface area contributed by atoms with E-state index in [4.69, 9.17) is 0 Å². The number of urea groups is 1. The molecule has 6 heteroatoms. The fourth-order valence-corrected chi connectivity index (χ4v) is 4.38. The van der Waals surface area contributed by atoms with E-state index in [0.29, 0.717) is 6.54 Å². The van der Waals surface area contributed by atoms with Crippen LogP contribution < -0.4 is 15.5 Å². The van der Waals surface area contributed by atoms with Gasteiger partial charge in [-0.1, -0.05) is 25.3 Å². The van der Waals surface area contributed by atoms with Crippen molar-refractivity contribution in [3.05, 3.63) is 23.9 Å². The molecule has 3 rings (SSSR count). The number of anilines is 1. The van der Waals surface area contributed by atoms with E-state index in [1.807, 2.05) is 6.20 Å². The molecule has 162 valence electrons. The van der Waals surface area contributed by atoms with Gasteiger partial charge in [-0.15, -0.1) is 0 Å². The Hall–Kier alpha value is -1.82. The van der Waals surface area contributed by atoms with Crippen LogP contribution in [0.4, 0.5) is 10.6 Å². The Labute approximate surface area is 176 Å². The van der Waals surface area contributed by atoms with E-state index in [-0.39, 0.29) is 6.03 Å². The molecule has 3 heterocycles. The molecular formula is C23H39N5O. The van der Waals surface area contributed by atoms with Crippen LogP contribution >= 0.6 is 0 Å². The molecule has 1 aromatic heterocycles. The predicted octanol–water partition coefficient (Wildman–Crippen LogP) is 3.92. The summed E-state index contributed by atoms with van der Waals surface area (Å²) in [6, 6.07) is 4.79. The third kappa shape index (κ3) is 7.50. The van der Waals surface area contributed by atoms with Gasteiger partial charge in [0.25, 0.3) is 0 Å². The zero-order chi connectivity index (χ0) is 20.3. The van der Waals surface area contributed by atoms with E-state index in [1.165, 1.54) is 51.5 Å². The third-order valence-corrected chi connectivity index (χ3v) is 6.29. The summed E-state index contributed by atoms with van der Waals surface area (Å²) in [6.07, 6.45) is 13.2. The van der Waals surface area contributed by atoms with Gasteiger partial charge in [0.05, 0.1) is 0 Å². The Kier molecular flexibility index (Phi) is 9.06. The number of carbonyl (C=O) groups is 1. The monoisotopic (exact) mass is 401 g/mol. The lowest BCUT2D eigenvalue weighted by molar-refractivity contribution is 0.158. The number of carbonyl (C=O) groups excluding carboxylic acids is 1. The van der Waals surface area contributed by atoms with Gasteiger partial charge in [0, 0.05) is 38.4 Å². The second-order valence-electron chi connectivity index (χ2n) is 8.62. The Balaban J connectivity index is 1.28. The van der Waals surface area contributed by atoms with Crippen LogP contribution in [-0.2, 0) is 6.54 Å². The molecule has 2 amide bonds. The van der Waals surface area contributed by atoms with Gasteiger partial charge in [-0.05, 0) is 70.2 Å². The topological polar surface area (TPSA) is 60.5 Å². The minimum Gasteiger partial charge on any atom is -0.357 e. The number of nitrogens with zero attached hydrogens (tertiary/aromatic N) is 3. The molecule has 0 aliphatic carbocycles. The van der Waals surface area contributed by atoms with Gasteiger partial charge in [-0.3, -0.25) is 0 Å². The molecule has 0 radical (unpaired) electrons. The highest BCUT2D eigenvalue weighted by molar-refractivity contribution is 5.73. The molecule has 2 aliphatic rings. The molecular weight excluding hydrogens is 362 g/mol. The molecule has 1 unspecified atom stereocenters. The van der Waals surface area contributed by atoms with Gasteiger partial charge in [-0.25, -0.2) is 9.78 Å². The third-order valence-electron chi connectivity index (χ3n) is 6.29. The van der Waals surface area contributed by atoms with Gasteiger partial charge >= 0.3 is 6.03 Å². The largest absolute Gasteiger partial charge is 0.357 e. The van der Waals surface area contributed by atoms with Gasteiger partial charge < -0.3 is 20.4 Å². The van der Waals surface area contributed by atoms with Crippen molar-refractivity contribution in [3.63, 3.8) is 0 Å². The summed E-state index contributed by atoms with van der Waals surface area (Å²) in [6.45, 7) is 8.18. The standard InChI is InChI=1S/C23H39N5O/c1-20-10-4-8-14-27(20)15-9-5-13-24-23(29)26-19-21-11-12-22(25-18-21)28-16-6-2-3-7-17-28/h11-12,18,20H,2-10,13-17,19H2,1H3,(H2,24,26,29). The van der Waals surface area contributed by atoms with Crippen LogP contribution in [0.3, 0.4) is 0 Å². The maximum Gasteiger partial charge on any atom is 0.315 e. The lowest BCUT2D eigenvalue weighted by Crippen LogP contribution is -2.38. The fourth-order valence-electron chi connectivity index (χ4n) is 4.38. The number of piperidine rings is 1. The summed E-state index contributed by atoms with van der Waals surface area (Å²) in [5.74, 6) is 1.06. The highest BCUT2D eigenvalue weighted by Gasteiger charge is 2.17. The van der Waals surface area contributed by atoms with E-state index in [9.17, 15) is 4.79 Å². The highest BCUT2D eigenvalue weighted by Crippen LogP contribution is 2.18. The lowest BCUT2D eigenvalue weighted by atomic mass is 10.0. The Morgan fingerprint density at radius 1 is 1.03 bits per heavy atom. The summed E-state index contributed by atoms with van der Waals surface area (Å²) in [4.78, 5) is 21.6. The number of likely N-dealkylation sites (tertiary alicyclic amines) is 1. The number of unbranched alkanes of at least 4 members (excludes halogenated alkanes) is 1. The quantitative estimate of drug-likeness (QED) is 0.648. The van der Waals surface area contributed by atoms with Crippen LogP contribution in [0.15, 0.2) is 18.3 Å². The molecule has 0 spiro atoms. The number of pyridine rings is 1. The second-order valence-corrected chi connectivity index (χ2v) is 8.62. The summed E-state index contributed by atoms with van der Waals surface area (Å²) < 4.78 is 0. The molecule has 0 saturated carbocycles. The Morgan fingerprint density at radius 3 is 2.55 bits per heavy atom. The minimum absolute atomic E-state index is 0.0899. The van der Waals surface area contributed by atoms with E-state index in [0.717, 1.165) is 56.4 Å². The molecule has 0 bridgehead atoms. The average molecular weight is 402 g/mol. The van der Waals surface area contributed by atoms with Crippen molar-refractivity contribution >= 4 is 11.8 Å². The van der Waals surface area contributed by atoms with E-state index in [2.05, 4.69) is 44.5 Å². The molecule has 2 aliphatic heterocycles. The van der Waals surface area contributed by atoms with Crippen LogP contribution in [0.2, 0.25) is 0 Å². The van der Waals surface area contributed by atoms with Gasteiger partial charge in [0.1, 0.15) is 5.82 Å². The smallest absolute Gasteiger partial charge is 0.315 e. The van der Waals surface area contributed by atoms with Crippen molar-refractivity contribution in [2.24, 2.45) is 0 Å². The van der Waals surface area contributed by atoms with Crippen LogP contribution in [0.25, 0.3) is 0 Å². The SMILES string of the molecule is CC1CCCCN1CCCCNC(=O)NCc1ccc(N2CCCCCC2)nc1. The van der Waals surface area contributed by atoms with Crippen molar-refractivity contribution in [2.45, 2.75) is 77.3 Å². The number of nitrogens with one attached hydrogen (secondary N) is 2. The first-order chi connectivity index (χ1) is 14.2. The number of hydrogen-bond acceptors (Lipinski definition) is 4. The predicted molar refractivity (Wildman–Crippen MR) is 119 cm³/mol. The molecule has 2 fully saturated rings. The molecule has 1 aromatic rings. The first kappa shape index (κ1) is 21.9. The normalized spacial score (nSPS) is 20.9. The molecule has 2 N–H and O–H groups in total. The average Bonchev–Trinajstić information content (AvgIpc) is 3.03. The van der Waals surface area contributed by atoms with Crippen molar-refractivity contribution < 1.29 is 4.79 Å². The van der Waals surface area contributed by atoms with Gasteiger partial charge in [-0.2, -0.15) is 0 Å². The summed E-state index contributed by atoms with van der Waals surface area (Å²) in [5, 5.41) is 5.92. The molecule has 29 heavy (non-hydrogen) atoms. The zero-order valence-electron chi connectivity index (χ0n) is 18.2. The number of amides is 2. The van der Waals surface area contributed by atoms with E-state index >= 15 is 0 Å². The number of aromatic nitrogens is 1. The lowest BCUT2D eigenvalue weighted by Gasteiger charge is -2.33. The fraction of sp³-hybridized carbons (Fsp3) is 0.739. The van der Waals surface area contributed by atoms with Gasteiger partial charge in [0.15, 0.2) is 0 Å². The van der Waals surface area contributed by atoms with Crippen LogP contribution in [-0.4, -0.2) is 54.7 Å². The number of rotatable bonds is 8. The molecule has 2 saturated heterocycles. The summed E-state index contributed by atoms with van der Waals surface area (Å²) >= 11 is 0. The van der Waals surface area contributed by atoms with Crippen molar-refractivity contribution in [1.82, 2.24) is 20.5 Å². The molecule has 6 nitrogen and oxygen atoms in total. The van der Waals surface area contributed by atoms with E-state index in [1.54, 1.807) is 0 Å². The molecule has 0 aromatic carbocycles. The number of hydrogen-bond donors (Lipinski definition) is 2. The van der Waals surface area contributed by atoms with Gasteiger partial charge in [0.2, 0.25) is 0 Å². The molecule has 1 atom stereocenters. The highest BCUT2D eigenvalue weighted by atomic mass is 16.2. The minimum atomic E-state index is -0.0899. The van der Waals surface area contributed by atoms with Crippen LogP contribution in [0.1, 0.15) is 70.3 Å². The Bertz CT molecular complexity index is 598. The maximum absolute atomic E-state index is 12.0. The summed E-state index contributed by atoms with van der Waals surface area (Å²) in [5.41, 5.74) is 1.04. The second kappa shape index (κ2) is 12.0. The van der Waals surface area contributed by atoms with Crippen LogP contribution in [0, 0.1) is 0 Å². The van der Waals surface area contributed by atoms with Crippen molar-refractivity contribution in [3.8, 4) is 0 Å². The van der Waals surface area contributed by atoms with Crippen LogP contribution in [0.5, 0.6) is 0 Å². The van der Waals surface area contributed by atoms with Crippen molar-refractivity contribution in [2.75, 3.05) is 37.6 Å². The summed E-state index contributed by atoms with van der Waals surface area (Å²) in [7, 11) is 0. The first-order valence-electron chi connectivity index (χ1n) is 11.7. The maximum atomic E-state index is 12.0. The zero-order valence-corrected chi connectivity index (χ0v) is 18.2. The first-order valence-corrected chi connectivity index (χ1v) is 11.7. The van der Waals surface area contributed by atoms with Crippen molar-refractivity contribution in [1.29, 1.82) is 0 Å². The van der Waals surface area contributed by atoms with E-state index < -0.39 is 0 Å².